The third kappa shape index (κ3) is 6.97. The highest BCUT2D eigenvalue weighted by molar-refractivity contribution is 6.35. The van der Waals surface area contributed by atoms with Gasteiger partial charge in [-0.1, -0.05) is 90.3 Å². The van der Waals surface area contributed by atoms with Gasteiger partial charge in [-0.05, 0) is 47.4 Å². The molecule has 0 saturated carbocycles. The number of hydrogen-bond acceptors (Lipinski definition) is 2. The van der Waals surface area contributed by atoms with Crippen LogP contribution in [0.4, 0.5) is 0 Å². The summed E-state index contributed by atoms with van der Waals surface area (Å²) < 4.78 is 0. The lowest BCUT2D eigenvalue weighted by Gasteiger charge is -2.32. The molecule has 0 aliphatic rings. The Balaban J connectivity index is 1.92. The zero-order valence-corrected chi connectivity index (χ0v) is 20.5. The summed E-state index contributed by atoms with van der Waals surface area (Å²) in [5.74, 6) is -0.383. The molecule has 0 saturated heterocycles. The Morgan fingerprint density at radius 1 is 0.909 bits per heavy atom. The lowest BCUT2D eigenvalue weighted by Crippen LogP contribution is -2.43. The monoisotopic (exact) mass is 502 g/mol. The maximum Gasteiger partial charge on any atom is 0.247 e. The van der Waals surface area contributed by atoms with E-state index in [0.29, 0.717) is 27.9 Å². The molecule has 0 aromatic heterocycles. The Labute approximate surface area is 209 Å². The van der Waals surface area contributed by atoms with Crippen LogP contribution in [0, 0.1) is 0 Å². The molecule has 0 radical (unpaired) electrons. The van der Waals surface area contributed by atoms with E-state index in [0.717, 1.165) is 16.7 Å². The number of halogens is 3. The van der Waals surface area contributed by atoms with Gasteiger partial charge in [0, 0.05) is 34.6 Å². The summed E-state index contributed by atoms with van der Waals surface area (Å²) in [4.78, 5) is 28.3. The minimum Gasteiger partial charge on any atom is -0.350 e. The molecular weight excluding hydrogens is 479 g/mol. The molecule has 172 valence electrons. The van der Waals surface area contributed by atoms with Crippen LogP contribution >= 0.6 is 34.8 Å². The molecule has 0 aliphatic carbocycles. The van der Waals surface area contributed by atoms with Gasteiger partial charge in [0.25, 0.3) is 0 Å². The molecular formula is C26H25Cl3N2O2. The van der Waals surface area contributed by atoms with Crippen molar-refractivity contribution in [2.45, 2.75) is 38.9 Å². The number of benzene rings is 3. The fraction of sp³-hybridized carbons (Fsp3) is 0.231. The van der Waals surface area contributed by atoms with Gasteiger partial charge < -0.3 is 10.2 Å². The fourth-order valence-electron chi connectivity index (χ4n) is 3.52. The SMILES string of the molecule is CCCC(=O)N(Cc1ccc(Cl)cc1)[C@@H](C(=O)NCc1ccc(Cl)cc1Cl)c1ccccc1. The second-order valence-electron chi connectivity index (χ2n) is 7.66. The predicted octanol–water partition coefficient (Wildman–Crippen LogP) is 6.83. The van der Waals surface area contributed by atoms with Gasteiger partial charge in [-0.2, -0.15) is 0 Å². The van der Waals surface area contributed by atoms with E-state index in [2.05, 4.69) is 5.32 Å². The van der Waals surface area contributed by atoms with Gasteiger partial charge in [-0.15, -0.1) is 0 Å². The highest BCUT2D eigenvalue weighted by Gasteiger charge is 2.31. The first-order valence-corrected chi connectivity index (χ1v) is 11.8. The van der Waals surface area contributed by atoms with Gasteiger partial charge in [0.2, 0.25) is 11.8 Å². The molecule has 0 bridgehead atoms. The van der Waals surface area contributed by atoms with Crippen LogP contribution in [0.2, 0.25) is 15.1 Å². The van der Waals surface area contributed by atoms with Crippen molar-refractivity contribution in [3.05, 3.63) is 105 Å². The smallest absolute Gasteiger partial charge is 0.247 e. The zero-order valence-electron chi connectivity index (χ0n) is 18.2. The molecule has 2 amide bonds. The van der Waals surface area contributed by atoms with Crippen LogP contribution in [0.3, 0.4) is 0 Å². The summed E-state index contributed by atoms with van der Waals surface area (Å²) in [6, 6.07) is 20.9. The van der Waals surface area contributed by atoms with Crippen molar-refractivity contribution in [2.75, 3.05) is 0 Å². The minimum atomic E-state index is -0.799. The molecule has 0 unspecified atom stereocenters. The van der Waals surface area contributed by atoms with Crippen LogP contribution in [0.5, 0.6) is 0 Å². The third-order valence-corrected chi connectivity index (χ3v) is 6.03. The first-order chi connectivity index (χ1) is 15.9. The Hall–Kier alpha value is -2.53. The van der Waals surface area contributed by atoms with Crippen molar-refractivity contribution in [2.24, 2.45) is 0 Å². The molecule has 0 fully saturated rings. The average molecular weight is 504 g/mol. The summed E-state index contributed by atoms with van der Waals surface area (Å²) in [5.41, 5.74) is 2.36. The maximum atomic E-state index is 13.5. The highest BCUT2D eigenvalue weighted by atomic mass is 35.5. The second-order valence-corrected chi connectivity index (χ2v) is 8.94. The van der Waals surface area contributed by atoms with Gasteiger partial charge in [0.1, 0.15) is 6.04 Å². The van der Waals surface area contributed by atoms with Gasteiger partial charge in [-0.3, -0.25) is 9.59 Å². The van der Waals surface area contributed by atoms with Crippen LogP contribution in [0.25, 0.3) is 0 Å². The Bertz CT molecular complexity index is 1090. The van der Waals surface area contributed by atoms with Crippen molar-refractivity contribution in [3.8, 4) is 0 Å². The Morgan fingerprint density at radius 2 is 1.58 bits per heavy atom. The van der Waals surface area contributed by atoms with E-state index < -0.39 is 6.04 Å². The van der Waals surface area contributed by atoms with E-state index in [1.165, 1.54) is 0 Å². The molecule has 0 heterocycles. The van der Waals surface area contributed by atoms with E-state index >= 15 is 0 Å². The lowest BCUT2D eigenvalue weighted by molar-refractivity contribution is -0.141. The van der Waals surface area contributed by atoms with Crippen LogP contribution in [-0.4, -0.2) is 16.7 Å². The number of rotatable bonds is 9. The van der Waals surface area contributed by atoms with E-state index in [1.807, 2.05) is 49.4 Å². The first-order valence-electron chi connectivity index (χ1n) is 10.7. The molecule has 1 atom stereocenters. The standard InChI is InChI=1S/C26H25Cl3N2O2/c1-2-6-24(32)31(17-18-9-12-21(27)13-10-18)25(19-7-4-3-5-8-19)26(33)30-16-20-11-14-22(28)15-23(20)29/h3-5,7-15,25H,2,6,16-17H2,1H3,(H,30,33)/t25-/m1/s1. The van der Waals surface area contributed by atoms with E-state index in [4.69, 9.17) is 34.8 Å². The quantitative estimate of drug-likeness (QED) is 0.348. The number of carbonyl (C=O) groups is 2. The minimum absolute atomic E-state index is 0.0963. The van der Waals surface area contributed by atoms with Crippen LogP contribution in [-0.2, 0) is 22.7 Å². The van der Waals surface area contributed by atoms with Gasteiger partial charge in [-0.25, -0.2) is 0 Å². The van der Waals surface area contributed by atoms with Gasteiger partial charge in [0.15, 0.2) is 0 Å². The zero-order chi connectivity index (χ0) is 23.8. The van der Waals surface area contributed by atoms with Crippen LogP contribution < -0.4 is 5.32 Å². The predicted molar refractivity (Wildman–Crippen MR) is 134 cm³/mol. The third-order valence-electron chi connectivity index (χ3n) is 5.19. The van der Waals surface area contributed by atoms with E-state index in [1.54, 1.807) is 35.2 Å². The van der Waals surface area contributed by atoms with Crippen LogP contribution in [0.1, 0.15) is 42.5 Å². The topological polar surface area (TPSA) is 49.4 Å². The van der Waals surface area contributed by atoms with Crippen molar-refractivity contribution < 1.29 is 9.59 Å². The largest absolute Gasteiger partial charge is 0.350 e. The van der Waals surface area contributed by atoms with Gasteiger partial charge in [0.05, 0.1) is 0 Å². The van der Waals surface area contributed by atoms with Crippen molar-refractivity contribution in [1.29, 1.82) is 0 Å². The fourth-order valence-corrected chi connectivity index (χ4v) is 4.12. The number of carbonyl (C=O) groups excluding carboxylic acids is 2. The molecule has 7 heteroatoms. The Kier molecular flexibility index (Phi) is 9.19. The Morgan fingerprint density at radius 3 is 2.21 bits per heavy atom. The lowest BCUT2D eigenvalue weighted by atomic mass is 10.0. The molecule has 1 N–H and O–H groups in total. The summed E-state index contributed by atoms with van der Waals surface area (Å²) >= 11 is 18.3. The van der Waals surface area contributed by atoms with Gasteiger partial charge >= 0.3 is 0 Å². The highest BCUT2D eigenvalue weighted by Crippen LogP contribution is 2.26. The van der Waals surface area contributed by atoms with Crippen molar-refractivity contribution in [3.63, 3.8) is 0 Å². The van der Waals surface area contributed by atoms with Crippen molar-refractivity contribution in [1.82, 2.24) is 10.2 Å². The maximum absolute atomic E-state index is 13.5. The molecule has 3 aromatic rings. The number of amides is 2. The number of hydrogen-bond donors (Lipinski definition) is 1. The molecule has 0 aliphatic heterocycles. The summed E-state index contributed by atoms with van der Waals surface area (Å²) in [5, 5.41) is 4.56. The van der Waals surface area contributed by atoms with E-state index in [9.17, 15) is 9.59 Å². The molecule has 3 aromatic carbocycles. The molecule has 33 heavy (non-hydrogen) atoms. The summed E-state index contributed by atoms with van der Waals surface area (Å²) in [6.45, 7) is 2.44. The molecule has 3 rings (SSSR count). The molecule has 4 nitrogen and oxygen atoms in total. The normalized spacial score (nSPS) is 11.6. The van der Waals surface area contributed by atoms with E-state index in [-0.39, 0.29) is 24.9 Å². The summed E-state index contributed by atoms with van der Waals surface area (Å²) in [6.07, 6.45) is 1.02. The number of nitrogens with zero attached hydrogens (tertiary/aromatic N) is 1. The average Bonchev–Trinajstić information content (AvgIpc) is 2.80. The second kappa shape index (κ2) is 12.1. The van der Waals surface area contributed by atoms with Crippen molar-refractivity contribution >= 4 is 46.6 Å². The first kappa shape index (κ1) is 25.1. The van der Waals surface area contributed by atoms with Crippen LogP contribution in [0.15, 0.2) is 72.8 Å². The number of nitrogens with one attached hydrogen (secondary N) is 1. The summed E-state index contributed by atoms with van der Waals surface area (Å²) in [7, 11) is 0. The molecule has 0 spiro atoms.